The zero-order chi connectivity index (χ0) is 11.5. The first-order valence-electron chi connectivity index (χ1n) is 5.69. The molecule has 1 atom stereocenters. The molecule has 5 heteroatoms. The summed E-state index contributed by atoms with van der Waals surface area (Å²) >= 11 is 0. The molecule has 2 rings (SSSR count). The number of hydrogen-bond acceptors (Lipinski definition) is 3. The van der Waals surface area contributed by atoms with Crippen molar-refractivity contribution < 1.29 is 4.79 Å². The third-order valence-corrected chi connectivity index (χ3v) is 2.91. The van der Waals surface area contributed by atoms with Gasteiger partial charge in [-0.25, -0.2) is 0 Å². The molecule has 2 N–H and O–H groups in total. The zero-order valence-electron chi connectivity index (χ0n) is 9.79. The fourth-order valence-electron chi connectivity index (χ4n) is 2.06. The first-order chi connectivity index (χ1) is 7.66. The van der Waals surface area contributed by atoms with Crippen LogP contribution in [0.15, 0.2) is 6.07 Å². The number of carbonyl (C=O) groups excluding carboxylic acids is 1. The first-order valence-corrected chi connectivity index (χ1v) is 5.69. The Kier molecular flexibility index (Phi) is 3.24. The second-order valence-corrected chi connectivity index (χ2v) is 4.30. The van der Waals surface area contributed by atoms with Gasteiger partial charge in [0.2, 0.25) is 0 Å². The van der Waals surface area contributed by atoms with Crippen LogP contribution in [0.3, 0.4) is 0 Å². The van der Waals surface area contributed by atoms with Crippen molar-refractivity contribution in [3.05, 3.63) is 17.5 Å². The van der Waals surface area contributed by atoms with Crippen LogP contribution in [-0.2, 0) is 7.05 Å². The normalized spacial score (nSPS) is 20.0. The maximum Gasteiger partial charge on any atom is 0.269 e. The molecule has 1 aromatic heterocycles. The lowest BCUT2D eigenvalue weighted by Crippen LogP contribution is -2.37. The minimum absolute atomic E-state index is 0.0446. The molecule has 1 aliphatic rings. The quantitative estimate of drug-likeness (QED) is 0.768. The highest BCUT2D eigenvalue weighted by molar-refractivity contribution is 5.92. The molecule has 88 valence electrons. The largest absolute Gasteiger partial charge is 0.349 e. The maximum atomic E-state index is 11.8. The zero-order valence-corrected chi connectivity index (χ0v) is 9.79. The molecule has 1 saturated heterocycles. The summed E-state index contributed by atoms with van der Waals surface area (Å²) in [6, 6.07) is 2.23. The fraction of sp³-hybridized carbons (Fsp3) is 0.636. The SMILES string of the molecule is Cc1cc(C(=O)NCC2CCCN2)n(C)n1. The average Bonchev–Trinajstić information content (AvgIpc) is 2.84. The Labute approximate surface area is 95.2 Å². The number of carbonyl (C=O) groups is 1. The van der Waals surface area contributed by atoms with E-state index in [-0.39, 0.29) is 5.91 Å². The molecule has 1 fully saturated rings. The third kappa shape index (κ3) is 2.41. The summed E-state index contributed by atoms with van der Waals surface area (Å²) in [5, 5.41) is 10.4. The van der Waals surface area contributed by atoms with Gasteiger partial charge in [0.15, 0.2) is 0 Å². The minimum atomic E-state index is -0.0446. The highest BCUT2D eigenvalue weighted by Crippen LogP contribution is 2.05. The van der Waals surface area contributed by atoms with E-state index in [2.05, 4.69) is 15.7 Å². The smallest absolute Gasteiger partial charge is 0.269 e. The number of amides is 1. The lowest BCUT2D eigenvalue weighted by Gasteiger charge is -2.11. The molecule has 1 unspecified atom stereocenters. The van der Waals surface area contributed by atoms with E-state index in [4.69, 9.17) is 0 Å². The van der Waals surface area contributed by atoms with E-state index in [1.54, 1.807) is 17.8 Å². The van der Waals surface area contributed by atoms with Crippen molar-refractivity contribution in [2.24, 2.45) is 7.05 Å². The maximum absolute atomic E-state index is 11.8. The van der Waals surface area contributed by atoms with Crippen LogP contribution >= 0.6 is 0 Å². The summed E-state index contributed by atoms with van der Waals surface area (Å²) in [7, 11) is 1.79. The molecule has 5 nitrogen and oxygen atoms in total. The van der Waals surface area contributed by atoms with E-state index in [1.165, 1.54) is 6.42 Å². The van der Waals surface area contributed by atoms with Crippen LogP contribution < -0.4 is 10.6 Å². The second-order valence-electron chi connectivity index (χ2n) is 4.30. The van der Waals surface area contributed by atoms with Crippen molar-refractivity contribution >= 4 is 5.91 Å². The van der Waals surface area contributed by atoms with E-state index in [0.29, 0.717) is 18.3 Å². The Balaban J connectivity index is 1.90. The van der Waals surface area contributed by atoms with Gasteiger partial charge in [0, 0.05) is 19.6 Å². The number of hydrogen-bond donors (Lipinski definition) is 2. The fourth-order valence-corrected chi connectivity index (χ4v) is 2.06. The van der Waals surface area contributed by atoms with Crippen molar-refractivity contribution in [2.45, 2.75) is 25.8 Å². The second kappa shape index (κ2) is 4.65. The Morgan fingerprint density at radius 3 is 3.12 bits per heavy atom. The van der Waals surface area contributed by atoms with Crippen LogP contribution in [0.4, 0.5) is 0 Å². The number of rotatable bonds is 3. The summed E-state index contributed by atoms with van der Waals surface area (Å²) in [4.78, 5) is 11.8. The van der Waals surface area contributed by atoms with Crippen LogP contribution in [0.5, 0.6) is 0 Å². The summed E-state index contributed by atoms with van der Waals surface area (Å²) in [5.41, 5.74) is 1.49. The molecule has 0 radical (unpaired) electrons. The van der Waals surface area contributed by atoms with Crippen LogP contribution in [0, 0.1) is 6.92 Å². The first kappa shape index (κ1) is 11.1. The Hall–Kier alpha value is -1.36. The minimum Gasteiger partial charge on any atom is -0.349 e. The highest BCUT2D eigenvalue weighted by Gasteiger charge is 2.16. The number of nitrogens with zero attached hydrogens (tertiary/aromatic N) is 2. The molecular weight excluding hydrogens is 204 g/mol. The number of nitrogens with one attached hydrogen (secondary N) is 2. The number of aryl methyl sites for hydroxylation is 2. The van der Waals surface area contributed by atoms with Crippen molar-refractivity contribution in [3.63, 3.8) is 0 Å². The van der Waals surface area contributed by atoms with Gasteiger partial charge in [-0.3, -0.25) is 9.48 Å². The molecule has 16 heavy (non-hydrogen) atoms. The molecule has 1 aliphatic heterocycles. The van der Waals surface area contributed by atoms with Gasteiger partial charge in [-0.1, -0.05) is 0 Å². The van der Waals surface area contributed by atoms with E-state index >= 15 is 0 Å². The summed E-state index contributed by atoms with van der Waals surface area (Å²) in [5.74, 6) is -0.0446. The highest BCUT2D eigenvalue weighted by atomic mass is 16.2. The molecule has 2 heterocycles. The van der Waals surface area contributed by atoms with Gasteiger partial charge in [0.25, 0.3) is 5.91 Å². The molecule has 0 saturated carbocycles. The van der Waals surface area contributed by atoms with Gasteiger partial charge >= 0.3 is 0 Å². The predicted octanol–water partition coefficient (Wildman–Crippen LogP) is 0.210. The lowest BCUT2D eigenvalue weighted by atomic mass is 10.2. The van der Waals surface area contributed by atoms with Crippen molar-refractivity contribution in [1.82, 2.24) is 20.4 Å². The molecule has 1 aromatic rings. The molecule has 0 bridgehead atoms. The molecule has 0 aromatic carbocycles. The molecular formula is C11H18N4O. The van der Waals surface area contributed by atoms with Crippen molar-refractivity contribution in [2.75, 3.05) is 13.1 Å². The Morgan fingerprint density at radius 1 is 1.75 bits per heavy atom. The molecule has 1 amide bonds. The van der Waals surface area contributed by atoms with E-state index < -0.39 is 0 Å². The summed E-state index contributed by atoms with van der Waals surface area (Å²) < 4.78 is 1.62. The van der Waals surface area contributed by atoms with Gasteiger partial charge in [-0.2, -0.15) is 5.10 Å². The molecule has 0 aliphatic carbocycles. The predicted molar refractivity (Wildman–Crippen MR) is 61.3 cm³/mol. The van der Waals surface area contributed by atoms with Crippen LogP contribution in [0.2, 0.25) is 0 Å². The Bertz CT molecular complexity index is 379. The van der Waals surface area contributed by atoms with Crippen LogP contribution in [0.25, 0.3) is 0 Å². The third-order valence-electron chi connectivity index (χ3n) is 2.91. The Morgan fingerprint density at radius 2 is 2.56 bits per heavy atom. The van der Waals surface area contributed by atoms with Gasteiger partial charge in [-0.15, -0.1) is 0 Å². The number of aromatic nitrogens is 2. The van der Waals surface area contributed by atoms with Crippen LogP contribution in [-0.4, -0.2) is 34.8 Å². The summed E-state index contributed by atoms with van der Waals surface area (Å²) in [6.07, 6.45) is 2.34. The van der Waals surface area contributed by atoms with Gasteiger partial charge in [-0.05, 0) is 32.4 Å². The average molecular weight is 222 g/mol. The van der Waals surface area contributed by atoms with Crippen molar-refractivity contribution in [1.29, 1.82) is 0 Å². The van der Waals surface area contributed by atoms with E-state index in [0.717, 1.165) is 18.7 Å². The standard InChI is InChI=1S/C11H18N4O/c1-8-6-10(15(2)14-8)11(16)13-7-9-4-3-5-12-9/h6,9,12H,3-5,7H2,1-2H3,(H,13,16). The molecule has 0 spiro atoms. The monoisotopic (exact) mass is 222 g/mol. The summed E-state index contributed by atoms with van der Waals surface area (Å²) in [6.45, 7) is 3.64. The van der Waals surface area contributed by atoms with Gasteiger partial charge in [0.1, 0.15) is 5.69 Å². The van der Waals surface area contributed by atoms with Gasteiger partial charge < -0.3 is 10.6 Å². The van der Waals surface area contributed by atoms with Gasteiger partial charge in [0.05, 0.1) is 5.69 Å². The van der Waals surface area contributed by atoms with Crippen molar-refractivity contribution in [3.8, 4) is 0 Å². The topological polar surface area (TPSA) is 59.0 Å². The van der Waals surface area contributed by atoms with E-state index in [9.17, 15) is 4.79 Å². The van der Waals surface area contributed by atoms with E-state index in [1.807, 2.05) is 6.92 Å². The van der Waals surface area contributed by atoms with Crippen LogP contribution in [0.1, 0.15) is 29.0 Å². The lowest BCUT2D eigenvalue weighted by molar-refractivity contribution is 0.0941.